The Labute approximate surface area is 122 Å². The zero-order valence-corrected chi connectivity index (χ0v) is 12.1. The standard InChI is InChI=1S/C13H15ClN2O2S/c1-7-4-9(6-18-7)13(17)16-11-5-8(12(15)19)2-3-10(11)14/h2-3,5,7,9H,4,6H2,1H3,(H2,15,19)(H,16,17). The molecule has 0 aromatic heterocycles. The first-order valence-electron chi connectivity index (χ1n) is 5.99. The molecule has 19 heavy (non-hydrogen) atoms. The van der Waals surface area contributed by atoms with Crippen LogP contribution in [0.1, 0.15) is 18.9 Å². The molecule has 0 bridgehead atoms. The van der Waals surface area contributed by atoms with Gasteiger partial charge in [0.2, 0.25) is 5.91 Å². The van der Waals surface area contributed by atoms with Crippen molar-refractivity contribution < 1.29 is 9.53 Å². The van der Waals surface area contributed by atoms with Crippen LogP contribution in [0.25, 0.3) is 0 Å². The number of thiocarbonyl (C=S) groups is 1. The number of ether oxygens (including phenoxy) is 1. The summed E-state index contributed by atoms with van der Waals surface area (Å²) in [6.07, 6.45) is 0.840. The summed E-state index contributed by atoms with van der Waals surface area (Å²) in [5, 5.41) is 3.26. The average molecular weight is 299 g/mol. The van der Waals surface area contributed by atoms with Crippen LogP contribution in [-0.4, -0.2) is 23.6 Å². The Morgan fingerprint density at radius 3 is 2.89 bits per heavy atom. The van der Waals surface area contributed by atoms with Gasteiger partial charge in [0, 0.05) is 5.56 Å². The van der Waals surface area contributed by atoms with Gasteiger partial charge in [0.1, 0.15) is 4.99 Å². The van der Waals surface area contributed by atoms with Gasteiger partial charge >= 0.3 is 0 Å². The van der Waals surface area contributed by atoms with E-state index in [0.717, 1.165) is 6.42 Å². The van der Waals surface area contributed by atoms with Crippen molar-refractivity contribution >= 4 is 40.4 Å². The fraction of sp³-hybridized carbons (Fsp3) is 0.385. The van der Waals surface area contributed by atoms with Crippen molar-refractivity contribution in [2.45, 2.75) is 19.4 Å². The average Bonchev–Trinajstić information content (AvgIpc) is 2.78. The molecule has 1 aliphatic rings. The smallest absolute Gasteiger partial charge is 0.229 e. The molecule has 3 N–H and O–H groups in total. The summed E-state index contributed by atoms with van der Waals surface area (Å²) in [4.78, 5) is 12.3. The molecule has 0 spiro atoms. The van der Waals surface area contributed by atoms with Crippen LogP contribution in [0.5, 0.6) is 0 Å². The predicted molar refractivity (Wildman–Crippen MR) is 79.5 cm³/mol. The highest BCUT2D eigenvalue weighted by atomic mass is 35.5. The number of hydrogen-bond donors (Lipinski definition) is 2. The van der Waals surface area contributed by atoms with Crippen LogP contribution in [0.15, 0.2) is 18.2 Å². The zero-order chi connectivity index (χ0) is 14.0. The van der Waals surface area contributed by atoms with Gasteiger partial charge in [-0.05, 0) is 25.5 Å². The van der Waals surface area contributed by atoms with Gasteiger partial charge in [-0.25, -0.2) is 0 Å². The van der Waals surface area contributed by atoms with Gasteiger partial charge in [-0.2, -0.15) is 0 Å². The van der Waals surface area contributed by atoms with E-state index < -0.39 is 0 Å². The van der Waals surface area contributed by atoms with Gasteiger partial charge in [-0.3, -0.25) is 4.79 Å². The van der Waals surface area contributed by atoms with Gasteiger partial charge in [-0.15, -0.1) is 0 Å². The number of halogens is 1. The highest BCUT2D eigenvalue weighted by molar-refractivity contribution is 7.80. The van der Waals surface area contributed by atoms with Crippen LogP contribution in [0.2, 0.25) is 5.02 Å². The lowest BCUT2D eigenvalue weighted by Gasteiger charge is -2.12. The van der Waals surface area contributed by atoms with Crippen molar-refractivity contribution in [3.63, 3.8) is 0 Å². The number of benzene rings is 1. The van der Waals surface area contributed by atoms with Gasteiger partial charge in [-0.1, -0.05) is 29.9 Å². The lowest BCUT2D eigenvalue weighted by atomic mass is 10.1. The third kappa shape index (κ3) is 3.43. The molecule has 1 fully saturated rings. The summed E-state index contributed by atoms with van der Waals surface area (Å²) < 4.78 is 5.38. The van der Waals surface area contributed by atoms with E-state index in [1.165, 1.54) is 0 Å². The maximum Gasteiger partial charge on any atom is 0.229 e. The van der Waals surface area contributed by atoms with E-state index in [9.17, 15) is 4.79 Å². The summed E-state index contributed by atoms with van der Waals surface area (Å²) in [6, 6.07) is 5.07. The molecule has 0 saturated carbocycles. The van der Waals surface area contributed by atoms with E-state index in [-0.39, 0.29) is 22.9 Å². The van der Waals surface area contributed by atoms with Crippen molar-refractivity contribution in [3.05, 3.63) is 28.8 Å². The van der Waals surface area contributed by atoms with Crippen molar-refractivity contribution in [1.82, 2.24) is 0 Å². The Balaban J connectivity index is 2.12. The lowest BCUT2D eigenvalue weighted by molar-refractivity contribution is -0.119. The molecule has 4 nitrogen and oxygen atoms in total. The Kier molecular flexibility index (Phi) is 4.39. The molecule has 1 heterocycles. The molecule has 1 saturated heterocycles. The molecule has 2 unspecified atom stereocenters. The van der Waals surface area contributed by atoms with Crippen LogP contribution in [0.4, 0.5) is 5.69 Å². The number of hydrogen-bond acceptors (Lipinski definition) is 3. The van der Waals surface area contributed by atoms with E-state index in [2.05, 4.69) is 5.32 Å². The first-order valence-corrected chi connectivity index (χ1v) is 6.78. The van der Waals surface area contributed by atoms with E-state index in [1.807, 2.05) is 6.92 Å². The number of nitrogens with one attached hydrogen (secondary N) is 1. The zero-order valence-electron chi connectivity index (χ0n) is 10.5. The second kappa shape index (κ2) is 5.86. The molecule has 1 amide bonds. The largest absolute Gasteiger partial charge is 0.389 e. The van der Waals surface area contributed by atoms with Gasteiger partial charge in [0.15, 0.2) is 0 Å². The molecule has 0 aliphatic carbocycles. The molecule has 102 valence electrons. The second-order valence-electron chi connectivity index (χ2n) is 4.62. The van der Waals surface area contributed by atoms with Crippen molar-refractivity contribution in [3.8, 4) is 0 Å². The summed E-state index contributed by atoms with van der Waals surface area (Å²) in [6.45, 7) is 2.40. The minimum absolute atomic E-state index is 0.0914. The number of amides is 1. The first-order chi connectivity index (χ1) is 8.97. The van der Waals surface area contributed by atoms with Gasteiger partial charge < -0.3 is 15.8 Å². The number of nitrogens with two attached hydrogens (primary N) is 1. The van der Waals surface area contributed by atoms with Gasteiger partial charge in [0.05, 0.1) is 29.3 Å². The summed E-state index contributed by atoms with van der Waals surface area (Å²) in [5.41, 5.74) is 6.76. The van der Waals surface area contributed by atoms with E-state index in [0.29, 0.717) is 22.9 Å². The lowest BCUT2D eigenvalue weighted by Crippen LogP contribution is -2.23. The van der Waals surface area contributed by atoms with Crippen molar-refractivity contribution in [1.29, 1.82) is 0 Å². The van der Waals surface area contributed by atoms with Crippen molar-refractivity contribution in [2.75, 3.05) is 11.9 Å². The highest BCUT2D eigenvalue weighted by Gasteiger charge is 2.28. The van der Waals surface area contributed by atoms with E-state index in [1.54, 1.807) is 18.2 Å². The topological polar surface area (TPSA) is 64.4 Å². The first kappa shape index (κ1) is 14.2. The Morgan fingerprint density at radius 1 is 1.58 bits per heavy atom. The number of anilines is 1. The quantitative estimate of drug-likeness (QED) is 0.841. The van der Waals surface area contributed by atoms with E-state index in [4.69, 9.17) is 34.3 Å². The maximum absolute atomic E-state index is 12.1. The van der Waals surface area contributed by atoms with E-state index >= 15 is 0 Å². The molecular formula is C13H15ClN2O2S. The fourth-order valence-corrected chi connectivity index (χ4v) is 2.30. The maximum atomic E-state index is 12.1. The third-order valence-corrected chi connectivity index (χ3v) is 3.64. The second-order valence-corrected chi connectivity index (χ2v) is 5.47. The monoisotopic (exact) mass is 298 g/mol. The molecule has 2 atom stereocenters. The molecule has 6 heteroatoms. The predicted octanol–water partition coefficient (Wildman–Crippen LogP) is 2.34. The minimum atomic E-state index is -0.139. The molecule has 1 aromatic carbocycles. The summed E-state index contributed by atoms with van der Waals surface area (Å²) >= 11 is 11.0. The third-order valence-electron chi connectivity index (χ3n) is 3.08. The minimum Gasteiger partial charge on any atom is -0.389 e. The highest BCUT2D eigenvalue weighted by Crippen LogP contribution is 2.26. The fourth-order valence-electron chi connectivity index (χ4n) is 2.01. The summed E-state index contributed by atoms with van der Waals surface area (Å²) in [5.74, 6) is -0.231. The molecular weight excluding hydrogens is 284 g/mol. The molecule has 2 rings (SSSR count). The van der Waals surface area contributed by atoms with Crippen LogP contribution >= 0.6 is 23.8 Å². The number of carbonyl (C=O) groups is 1. The summed E-state index contributed by atoms with van der Waals surface area (Å²) in [7, 11) is 0. The number of rotatable bonds is 3. The van der Waals surface area contributed by atoms with Crippen LogP contribution in [-0.2, 0) is 9.53 Å². The SMILES string of the molecule is CC1CC(C(=O)Nc2cc(C(N)=S)ccc2Cl)CO1. The Morgan fingerprint density at radius 2 is 2.32 bits per heavy atom. The number of carbonyl (C=O) groups excluding carboxylic acids is 1. The van der Waals surface area contributed by atoms with Crippen LogP contribution in [0.3, 0.4) is 0 Å². The molecule has 1 aromatic rings. The Hall–Kier alpha value is -1.17. The normalized spacial score (nSPS) is 22.2. The molecule has 0 radical (unpaired) electrons. The van der Waals surface area contributed by atoms with Crippen molar-refractivity contribution in [2.24, 2.45) is 11.7 Å². The Bertz CT molecular complexity index is 521. The van der Waals surface area contributed by atoms with Crippen LogP contribution < -0.4 is 11.1 Å². The molecule has 1 aliphatic heterocycles. The van der Waals surface area contributed by atoms with Gasteiger partial charge in [0.25, 0.3) is 0 Å². The van der Waals surface area contributed by atoms with Crippen LogP contribution in [0, 0.1) is 5.92 Å².